The number of rotatable bonds is 7. The van der Waals surface area contributed by atoms with Crippen molar-refractivity contribution in [1.29, 1.82) is 0 Å². The monoisotopic (exact) mass is 472 g/mol. The predicted molar refractivity (Wildman–Crippen MR) is 122 cm³/mol. The lowest BCUT2D eigenvalue weighted by molar-refractivity contribution is -0.116. The smallest absolute Gasteiger partial charge is 0.243 e. The largest absolute Gasteiger partial charge is 0.486 e. The van der Waals surface area contributed by atoms with Crippen LogP contribution in [0.4, 0.5) is 5.69 Å². The van der Waals surface area contributed by atoms with Gasteiger partial charge in [-0.3, -0.25) is 4.79 Å². The van der Waals surface area contributed by atoms with Gasteiger partial charge >= 0.3 is 0 Å². The Morgan fingerprint density at radius 1 is 0.938 bits per heavy atom. The van der Waals surface area contributed by atoms with Crippen LogP contribution in [-0.4, -0.2) is 38.4 Å². The lowest BCUT2D eigenvalue weighted by Crippen LogP contribution is -2.37. The summed E-state index contributed by atoms with van der Waals surface area (Å²) in [6, 6.07) is 20.0. The molecule has 0 bridgehead atoms. The molecule has 1 N–H and O–H groups in total. The van der Waals surface area contributed by atoms with Crippen molar-refractivity contribution in [3.63, 3.8) is 0 Å². The number of fused-ring (bicyclic) bond motifs is 1. The Kier molecular flexibility index (Phi) is 6.64. The molecule has 9 heteroatoms. The van der Waals surface area contributed by atoms with Crippen LogP contribution < -0.4 is 14.8 Å². The van der Waals surface area contributed by atoms with E-state index in [1.165, 1.54) is 24.3 Å². The van der Waals surface area contributed by atoms with E-state index in [4.69, 9.17) is 21.1 Å². The second-order valence-corrected chi connectivity index (χ2v) is 9.49. The number of nitrogens with zero attached hydrogens (tertiary/aromatic N) is 1. The van der Waals surface area contributed by atoms with Gasteiger partial charge in [0.05, 0.1) is 11.4 Å². The lowest BCUT2D eigenvalue weighted by atomic mass is 10.2. The number of benzene rings is 3. The van der Waals surface area contributed by atoms with Crippen LogP contribution in [0.1, 0.15) is 5.56 Å². The van der Waals surface area contributed by atoms with Crippen LogP contribution in [-0.2, 0) is 21.4 Å². The number of carbonyl (C=O) groups excluding carboxylic acids is 1. The zero-order valence-electron chi connectivity index (χ0n) is 17.0. The number of halogens is 1. The molecule has 166 valence electrons. The van der Waals surface area contributed by atoms with Gasteiger partial charge in [0, 0.05) is 23.3 Å². The first-order valence-corrected chi connectivity index (χ1v) is 11.7. The summed E-state index contributed by atoms with van der Waals surface area (Å²) in [5.41, 5.74) is 1.25. The molecule has 0 unspecified atom stereocenters. The fourth-order valence-corrected chi connectivity index (χ4v) is 4.76. The maximum Gasteiger partial charge on any atom is 0.243 e. The highest BCUT2D eigenvalue weighted by Crippen LogP contribution is 2.32. The summed E-state index contributed by atoms with van der Waals surface area (Å²) in [5, 5.41) is 3.17. The summed E-state index contributed by atoms with van der Waals surface area (Å²) in [6.07, 6.45) is 0. The molecule has 32 heavy (non-hydrogen) atoms. The molecule has 0 fully saturated rings. The van der Waals surface area contributed by atoms with Crippen LogP contribution >= 0.6 is 11.6 Å². The third-order valence-electron chi connectivity index (χ3n) is 4.80. The standard InChI is InChI=1S/C23H21ClN2O5S/c24-18-6-9-20(10-7-18)32(28,29)26(15-17-4-2-1-3-5-17)16-23(27)25-19-8-11-21-22(14-19)31-13-12-30-21/h1-11,14H,12-13,15-16H2,(H,25,27). The van der Waals surface area contributed by atoms with E-state index in [1.807, 2.05) is 30.3 Å². The van der Waals surface area contributed by atoms with Crippen LogP contribution in [0.2, 0.25) is 5.02 Å². The van der Waals surface area contributed by atoms with E-state index in [-0.39, 0.29) is 18.0 Å². The van der Waals surface area contributed by atoms with Crippen molar-refractivity contribution in [1.82, 2.24) is 4.31 Å². The van der Waals surface area contributed by atoms with Crippen molar-refractivity contribution in [3.8, 4) is 11.5 Å². The highest BCUT2D eigenvalue weighted by atomic mass is 35.5. The topological polar surface area (TPSA) is 84.9 Å². The van der Waals surface area contributed by atoms with Crippen molar-refractivity contribution in [2.45, 2.75) is 11.4 Å². The minimum atomic E-state index is -3.95. The summed E-state index contributed by atoms with van der Waals surface area (Å²) in [7, 11) is -3.95. The number of hydrogen-bond donors (Lipinski definition) is 1. The molecule has 1 heterocycles. The second kappa shape index (κ2) is 9.60. The average molecular weight is 473 g/mol. The Hall–Kier alpha value is -3.07. The fraction of sp³-hybridized carbons (Fsp3) is 0.174. The average Bonchev–Trinajstić information content (AvgIpc) is 2.79. The molecule has 7 nitrogen and oxygen atoms in total. The number of sulfonamides is 1. The van der Waals surface area contributed by atoms with Gasteiger partial charge in [-0.2, -0.15) is 4.31 Å². The first kappa shape index (κ1) is 22.1. The van der Waals surface area contributed by atoms with Gasteiger partial charge in [0.2, 0.25) is 15.9 Å². The van der Waals surface area contributed by atoms with Crippen molar-refractivity contribution >= 4 is 33.2 Å². The van der Waals surface area contributed by atoms with Gasteiger partial charge in [0.15, 0.2) is 11.5 Å². The molecule has 0 spiro atoms. The summed E-state index contributed by atoms with van der Waals surface area (Å²) >= 11 is 5.90. The molecular formula is C23H21ClN2O5S. The minimum Gasteiger partial charge on any atom is -0.486 e. The molecule has 1 amide bonds. The molecule has 4 rings (SSSR count). The SMILES string of the molecule is O=C(CN(Cc1ccccc1)S(=O)(=O)c1ccc(Cl)cc1)Nc1ccc2c(c1)OCCO2. The van der Waals surface area contributed by atoms with E-state index in [1.54, 1.807) is 18.2 Å². The van der Waals surface area contributed by atoms with E-state index in [2.05, 4.69) is 5.32 Å². The van der Waals surface area contributed by atoms with Crippen LogP contribution in [0.15, 0.2) is 77.7 Å². The Morgan fingerprint density at radius 2 is 1.62 bits per heavy atom. The van der Waals surface area contributed by atoms with Gasteiger partial charge in [0.1, 0.15) is 13.2 Å². The molecule has 0 aromatic heterocycles. The number of ether oxygens (including phenoxy) is 2. The normalized spacial score (nSPS) is 13.1. The molecule has 0 saturated carbocycles. The number of amides is 1. The van der Waals surface area contributed by atoms with Gasteiger partial charge in [-0.1, -0.05) is 41.9 Å². The number of nitrogens with one attached hydrogen (secondary N) is 1. The summed E-state index contributed by atoms with van der Waals surface area (Å²) in [4.78, 5) is 12.9. The van der Waals surface area contributed by atoms with E-state index in [0.717, 1.165) is 9.87 Å². The summed E-state index contributed by atoms with van der Waals surface area (Å²) in [5.74, 6) is 0.657. The first-order valence-electron chi connectivity index (χ1n) is 9.91. The molecule has 0 aliphatic carbocycles. The molecule has 0 saturated heterocycles. The van der Waals surface area contributed by atoms with E-state index in [0.29, 0.717) is 35.4 Å². The molecule has 3 aromatic rings. The Bertz CT molecular complexity index is 1200. The quantitative estimate of drug-likeness (QED) is 0.563. The molecule has 0 atom stereocenters. The van der Waals surface area contributed by atoms with Gasteiger partial charge in [0.25, 0.3) is 0 Å². The van der Waals surface area contributed by atoms with Gasteiger partial charge in [-0.15, -0.1) is 0 Å². The van der Waals surface area contributed by atoms with Gasteiger partial charge < -0.3 is 14.8 Å². The molecule has 3 aromatic carbocycles. The summed E-state index contributed by atoms with van der Waals surface area (Å²) < 4.78 is 38.7. The third-order valence-corrected chi connectivity index (χ3v) is 6.86. The van der Waals surface area contributed by atoms with Crippen molar-refractivity contribution in [2.24, 2.45) is 0 Å². The third kappa shape index (κ3) is 5.21. The minimum absolute atomic E-state index is 0.0420. The summed E-state index contributed by atoms with van der Waals surface area (Å²) in [6.45, 7) is 0.568. The first-order chi connectivity index (χ1) is 15.4. The van der Waals surface area contributed by atoms with Crippen LogP contribution in [0.25, 0.3) is 0 Å². The maximum absolute atomic E-state index is 13.3. The zero-order valence-corrected chi connectivity index (χ0v) is 18.6. The molecular weight excluding hydrogens is 452 g/mol. The Labute approximate surface area is 191 Å². The highest BCUT2D eigenvalue weighted by Gasteiger charge is 2.27. The molecule has 0 radical (unpaired) electrons. The van der Waals surface area contributed by atoms with E-state index in [9.17, 15) is 13.2 Å². The second-order valence-electron chi connectivity index (χ2n) is 7.12. The van der Waals surface area contributed by atoms with E-state index < -0.39 is 15.9 Å². The Balaban J connectivity index is 1.55. The van der Waals surface area contributed by atoms with Gasteiger partial charge in [-0.05, 0) is 42.0 Å². The Morgan fingerprint density at radius 3 is 2.34 bits per heavy atom. The van der Waals surface area contributed by atoms with Crippen LogP contribution in [0.5, 0.6) is 11.5 Å². The highest BCUT2D eigenvalue weighted by molar-refractivity contribution is 7.89. The number of carbonyl (C=O) groups is 1. The molecule has 1 aliphatic heterocycles. The van der Waals surface area contributed by atoms with Crippen molar-refractivity contribution in [3.05, 3.63) is 83.4 Å². The van der Waals surface area contributed by atoms with Crippen LogP contribution in [0, 0.1) is 0 Å². The predicted octanol–water partition coefficient (Wildman–Crippen LogP) is 3.94. The molecule has 1 aliphatic rings. The number of anilines is 1. The van der Waals surface area contributed by atoms with E-state index >= 15 is 0 Å². The maximum atomic E-state index is 13.3. The van der Waals surface area contributed by atoms with Crippen molar-refractivity contribution in [2.75, 3.05) is 25.1 Å². The van der Waals surface area contributed by atoms with Crippen LogP contribution in [0.3, 0.4) is 0 Å². The lowest BCUT2D eigenvalue weighted by Gasteiger charge is -2.22. The zero-order chi connectivity index (χ0) is 22.6. The van der Waals surface area contributed by atoms with Crippen molar-refractivity contribution < 1.29 is 22.7 Å². The fourth-order valence-electron chi connectivity index (χ4n) is 3.25. The van der Waals surface area contributed by atoms with Gasteiger partial charge in [-0.25, -0.2) is 8.42 Å². The number of hydrogen-bond acceptors (Lipinski definition) is 5.